The first-order valence-corrected chi connectivity index (χ1v) is 6.06. The van der Waals surface area contributed by atoms with E-state index in [1.807, 2.05) is 33.8 Å². The third-order valence-electron chi connectivity index (χ3n) is 1.53. The van der Waals surface area contributed by atoms with Gasteiger partial charge in [0.1, 0.15) is 0 Å². The maximum absolute atomic E-state index is 5.47. The Bertz CT molecular complexity index is 262. The van der Waals surface area contributed by atoms with E-state index in [0.717, 1.165) is 0 Å². The summed E-state index contributed by atoms with van der Waals surface area (Å²) in [6, 6.07) is 6.19. The standard InChI is InChI=1S/C9H10S.2C2H6/c1-7-5-4-6-8(2)9(7)10-3;2*1-2/h3-6H,1-2H3;2*1-2H3. The van der Waals surface area contributed by atoms with Gasteiger partial charge in [-0.15, -0.1) is 16.9 Å². The molecule has 0 aliphatic rings. The van der Waals surface area contributed by atoms with Crippen LogP contribution >= 0.6 is 11.2 Å². The van der Waals surface area contributed by atoms with E-state index in [2.05, 4.69) is 26.0 Å². The second-order valence-electron chi connectivity index (χ2n) is 2.34. The van der Waals surface area contributed by atoms with Crippen LogP contribution in [0.2, 0.25) is 0 Å². The lowest BCUT2D eigenvalue weighted by molar-refractivity contribution is 1.23. The van der Waals surface area contributed by atoms with E-state index in [4.69, 9.17) is 5.69 Å². The van der Waals surface area contributed by atoms with Crippen LogP contribution in [0.3, 0.4) is 0 Å². The highest BCUT2D eigenvalue weighted by atomic mass is 32.1. The highest BCUT2D eigenvalue weighted by Gasteiger charge is 1.95. The SMILES string of the molecule is C#Sc1c(C)cccc1C.CC.CC. The summed E-state index contributed by atoms with van der Waals surface area (Å²) in [7, 11) is 0. The average Bonchev–Trinajstić information content (AvgIpc) is 2.24. The third-order valence-corrected chi connectivity index (χ3v) is 2.41. The zero-order valence-electron chi connectivity index (χ0n) is 10.2. The van der Waals surface area contributed by atoms with Crippen molar-refractivity contribution < 1.29 is 0 Å². The molecule has 0 heterocycles. The molecule has 1 aromatic rings. The van der Waals surface area contributed by atoms with Gasteiger partial charge in [-0.25, -0.2) is 0 Å². The monoisotopic (exact) mass is 210 g/mol. The molecule has 1 aromatic carbocycles. The molecule has 0 N–H and O–H groups in total. The van der Waals surface area contributed by atoms with E-state index in [-0.39, 0.29) is 0 Å². The van der Waals surface area contributed by atoms with Crippen molar-refractivity contribution in [1.82, 2.24) is 0 Å². The Kier molecular flexibility index (Phi) is 11.5. The molecule has 0 atom stereocenters. The quantitative estimate of drug-likeness (QED) is 0.563. The van der Waals surface area contributed by atoms with Gasteiger partial charge >= 0.3 is 0 Å². The second kappa shape index (κ2) is 10.3. The highest BCUT2D eigenvalue weighted by molar-refractivity contribution is 7.88. The molecule has 0 spiro atoms. The maximum Gasteiger partial charge on any atom is 0.0406 e. The summed E-state index contributed by atoms with van der Waals surface area (Å²) in [5, 5.41) is 0. The van der Waals surface area contributed by atoms with Gasteiger partial charge in [0.25, 0.3) is 0 Å². The Morgan fingerprint density at radius 3 is 1.50 bits per heavy atom. The molecule has 1 heteroatoms. The number of hydrogen-bond donors (Lipinski definition) is 0. The maximum atomic E-state index is 5.47. The Hall–Kier alpha value is -0.780. The molecule has 1 rings (SSSR count). The first-order valence-electron chi connectivity index (χ1n) is 5.18. The van der Waals surface area contributed by atoms with Gasteiger partial charge in [-0.2, -0.15) is 0 Å². The van der Waals surface area contributed by atoms with Gasteiger partial charge in [0.05, 0.1) is 0 Å². The zero-order chi connectivity index (χ0) is 11.6. The molecule has 0 aromatic heterocycles. The van der Waals surface area contributed by atoms with E-state index in [1.165, 1.54) is 27.2 Å². The van der Waals surface area contributed by atoms with E-state index < -0.39 is 0 Å². The van der Waals surface area contributed by atoms with E-state index in [1.54, 1.807) is 0 Å². The molecule has 0 bridgehead atoms. The Labute approximate surface area is 93.0 Å². The summed E-state index contributed by atoms with van der Waals surface area (Å²) >= 11 is 1.32. The van der Waals surface area contributed by atoms with E-state index >= 15 is 0 Å². The minimum Gasteiger partial charge on any atom is -0.102 e. The summed E-state index contributed by atoms with van der Waals surface area (Å²) in [5.74, 6) is 0. The van der Waals surface area contributed by atoms with Gasteiger partial charge in [-0.3, -0.25) is 0 Å². The first kappa shape index (κ1) is 15.7. The molecule has 0 radical (unpaired) electrons. The van der Waals surface area contributed by atoms with Gasteiger partial charge in [0.2, 0.25) is 0 Å². The molecule has 0 aliphatic heterocycles. The zero-order valence-corrected chi connectivity index (χ0v) is 11.0. The van der Waals surface area contributed by atoms with Gasteiger partial charge in [0, 0.05) is 4.90 Å². The van der Waals surface area contributed by atoms with Crippen LogP contribution in [0.25, 0.3) is 0 Å². The smallest absolute Gasteiger partial charge is 0.0406 e. The number of benzene rings is 1. The van der Waals surface area contributed by atoms with Crippen molar-refractivity contribution in [3.63, 3.8) is 0 Å². The van der Waals surface area contributed by atoms with Crippen molar-refractivity contribution >= 4 is 11.2 Å². The van der Waals surface area contributed by atoms with E-state index in [0.29, 0.717) is 0 Å². The van der Waals surface area contributed by atoms with Crippen LogP contribution < -0.4 is 0 Å². The summed E-state index contributed by atoms with van der Waals surface area (Å²) in [4.78, 5) is 1.20. The fraction of sp³-hybridized carbons (Fsp3) is 0.462. The predicted octanol–water partition coefficient (Wildman–Crippen LogP) is 5.04. The molecule has 0 fully saturated rings. The van der Waals surface area contributed by atoms with Crippen LogP contribution in [0, 0.1) is 19.5 Å². The molecular weight excluding hydrogens is 188 g/mol. The number of hydrogen-bond acceptors (Lipinski definition) is 0. The summed E-state index contributed by atoms with van der Waals surface area (Å²) in [6.45, 7) is 12.1. The number of aryl methyl sites for hydroxylation is 2. The molecule has 0 unspecified atom stereocenters. The van der Waals surface area contributed by atoms with Crippen molar-refractivity contribution in [3.8, 4) is 5.69 Å². The van der Waals surface area contributed by atoms with Crippen molar-refractivity contribution in [2.24, 2.45) is 0 Å². The van der Waals surface area contributed by atoms with Gasteiger partial charge in [-0.05, 0) is 25.0 Å². The fourth-order valence-corrected chi connectivity index (χ4v) is 1.49. The van der Waals surface area contributed by atoms with Crippen LogP contribution in [-0.2, 0) is 0 Å². The normalized spacial score (nSPS) is 7.50. The van der Waals surface area contributed by atoms with Gasteiger partial charge in [-0.1, -0.05) is 45.9 Å². The minimum absolute atomic E-state index is 1.20. The van der Waals surface area contributed by atoms with Crippen LogP contribution in [0.4, 0.5) is 0 Å². The molecule has 0 amide bonds. The van der Waals surface area contributed by atoms with E-state index in [9.17, 15) is 0 Å². The van der Waals surface area contributed by atoms with Crippen molar-refractivity contribution in [2.75, 3.05) is 0 Å². The average molecular weight is 210 g/mol. The second-order valence-corrected chi connectivity index (χ2v) is 2.98. The molecule has 0 nitrogen and oxygen atoms in total. The highest BCUT2D eigenvalue weighted by Crippen LogP contribution is 2.18. The summed E-state index contributed by atoms with van der Waals surface area (Å²) in [6.07, 6.45) is 0. The Morgan fingerprint density at radius 1 is 0.929 bits per heavy atom. The topological polar surface area (TPSA) is 0 Å². The van der Waals surface area contributed by atoms with Crippen molar-refractivity contribution in [1.29, 1.82) is 0 Å². The predicted molar refractivity (Wildman–Crippen MR) is 69.4 cm³/mol. The first-order chi connectivity index (χ1) is 6.75. The molecular formula is C13H22S. The Morgan fingerprint density at radius 2 is 1.29 bits per heavy atom. The molecule has 0 saturated heterocycles. The van der Waals surface area contributed by atoms with Crippen LogP contribution in [0.15, 0.2) is 23.1 Å². The van der Waals surface area contributed by atoms with Gasteiger partial charge < -0.3 is 0 Å². The minimum atomic E-state index is 1.20. The molecule has 80 valence electrons. The molecule has 0 saturated carbocycles. The van der Waals surface area contributed by atoms with Crippen LogP contribution in [-0.4, -0.2) is 0 Å². The summed E-state index contributed by atoms with van der Waals surface area (Å²) < 4.78 is 0. The Balaban J connectivity index is 0. The summed E-state index contributed by atoms with van der Waals surface area (Å²) in [5.41, 5.74) is 7.98. The lowest BCUT2D eigenvalue weighted by Crippen LogP contribution is -1.79. The lowest BCUT2D eigenvalue weighted by atomic mass is 10.2. The van der Waals surface area contributed by atoms with Crippen LogP contribution in [0.1, 0.15) is 38.8 Å². The van der Waals surface area contributed by atoms with Crippen molar-refractivity contribution in [2.45, 2.75) is 46.4 Å². The molecule has 14 heavy (non-hydrogen) atoms. The largest absolute Gasteiger partial charge is 0.102 e. The third kappa shape index (κ3) is 5.06. The molecule has 0 aliphatic carbocycles. The van der Waals surface area contributed by atoms with Crippen LogP contribution in [0.5, 0.6) is 0 Å². The fourth-order valence-electron chi connectivity index (χ4n) is 0.985. The van der Waals surface area contributed by atoms with Gasteiger partial charge in [0.15, 0.2) is 0 Å². The van der Waals surface area contributed by atoms with Crippen molar-refractivity contribution in [3.05, 3.63) is 29.3 Å². The lowest BCUT2D eigenvalue weighted by Gasteiger charge is -1.99. The number of rotatable bonds is 0.